The molecule has 1 aromatic heterocycles. The Bertz CT molecular complexity index is 689. The first kappa shape index (κ1) is 16.1. The first-order valence-corrected chi connectivity index (χ1v) is 8.22. The Morgan fingerprint density at radius 3 is 2.33 bits per heavy atom. The van der Waals surface area contributed by atoms with Crippen molar-refractivity contribution in [2.45, 2.75) is 25.7 Å². The highest BCUT2D eigenvalue weighted by atomic mass is 16.3. The Morgan fingerprint density at radius 1 is 0.958 bits per heavy atom. The number of hydrogen-bond acceptors (Lipinski definition) is 3. The van der Waals surface area contributed by atoms with Crippen LogP contribution in [0.5, 0.6) is 0 Å². The lowest BCUT2D eigenvalue weighted by molar-refractivity contribution is 0.102. The number of carbonyl (C=O) groups excluding carboxylic acids is 2. The van der Waals surface area contributed by atoms with Crippen LogP contribution in [0.15, 0.2) is 47.3 Å². The second-order valence-electron chi connectivity index (χ2n) is 5.88. The van der Waals surface area contributed by atoms with Crippen LogP contribution >= 0.6 is 0 Å². The molecule has 0 saturated carbocycles. The topological polar surface area (TPSA) is 74.6 Å². The SMILES string of the molecule is O=C(Nc1cccc(NC(=O)N2CCCCCC2)c1)c1ccoc1. The van der Waals surface area contributed by atoms with E-state index in [0.29, 0.717) is 16.9 Å². The summed E-state index contributed by atoms with van der Waals surface area (Å²) >= 11 is 0. The summed E-state index contributed by atoms with van der Waals surface area (Å²) in [5, 5.41) is 5.69. The van der Waals surface area contributed by atoms with Crippen molar-refractivity contribution < 1.29 is 14.0 Å². The first-order chi connectivity index (χ1) is 11.7. The van der Waals surface area contributed by atoms with Gasteiger partial charge in [0.25, 0.3) is 5.91 Å². The highest BCUT2D eigenvalue weighted by molar-refractivity contribution is 6.04. The third-order valence-electron chi connectivity index (χ3n) is 4.05. The summed E-state index contributed by atoms with van der Waals surface area (Å²) in [6.07, 6.45) is 7.30. The van der Waals surface area contributed by atoms with E-state index in [2.05, 4.69) is 10.6 Å². The van der Waals surface area contributed by atoms with Crippen molar-refractivity contribution >= 4 is 23.3 Å². The van der Waals surface area contributed by atoms with Crippen LogP contribution in [0.4, 0.5) is 16.2 Å². The lowest BCUT2D eigenvalue weighted by Crippen LogP contribution is -2.35. The molecule has 2 heterocycles. The van der Waals surface area contributed by atoms with Crippen LogP contribution in [-0.4, -0.2) is 29.9 Å². The predicted octanol–water partition coefficient (Wildman–Crippen LogP) is 3.94. The van der Waals surface area contributed by atoms with Crippen molar-refractivity contribution in [3.63, 3.8) is 0 Å². The van der Waals surface area contributed by atoms with Crippen molar-refractivity contribution in [1.82, 2.24) is 4.90 Å². The Labute approximate surface area is 140 Å². The van der Waals surface area contributed by atoms with Gasteiger partial charge in [-0.15, -0.1) is 0 Å². The summed E-state index contributed by atoms with van der Waals surface area (Å²) in [7, 11) is 0. The Kier molecular flexibility index (Phi) is 5.15. The number of rotatable bonds is 3. The summed E-state index contributed by atoms with van der Waals surface area (Å²) in [6, 6.07) is 8.63. The molecule has 0 unspecified atom stereocenters. The highest BCUT2D eigenvalue weighted by Crippen LogP contribution is 2.18. The smallest absolute Gasteiger partial charge is 0.321 e. The van der Waals surface area contributed by atoms with Gasteiger partial charge in [-0.2, -0.15) is 0 Å². The van der Waals surface area contributed by atoms with E-state index in [4.69, 9.17) is 4.42 Å². The predicted molar refractivity (Wildman–Crippen MR) is 92.2 cm³/mol. The molecular formula is C18H21N3O3. The molecule has 0 atom stereocenters. The number of furan rings is 1. The van der Waals surface area contributed by atoms with E-state index in [1.165, 1.54) is 25.4 Å². The maximum Gasteiger partial charge on any atom is 0.321 e. The van der Waals surface area contributed by atoms with Crippen LogP contribution in [0.25, 0.3) is 0 Å². The zero-order valence-electron chi connectivity index (χ0n) is 13.5. The van der Waals surface area contributed by atoms with E-state index in [0.717, 1.165) is 25.9 Å². The number of likely N-dealkylation sites (tertiary alicyclic amines) is 1. The number of urea groups is 1. The monoisotopic (exact) mass is 327 g/mol. The van der Waals surface area contributed by atoms with Crippen LogP contribution in [0.3, 0.4) is 0 Å². The van der Waals surface area contributed by atoms with E-state index in [1.807, 2.05) is 11.0 Å². The van der Waals surface area contributed by atoms with Crippen molar-refractivity contribution in [1.29, 1.82) is 0 Å². The molecule has 1 saturated heterocycles. The summed E-state index contributed by atoms with van der Waals surface area (Å²) < 4.78 is 4.90. The van der Waals surface area contributed by atoms with E-state index in [9.17, 15) is 9.59 Å². The van der Waals surface area contributed by atoms with Crippen LogP contribution in [0, 0.1) is 0 Å². The molecule has 126 valence electrons. The molecule has 2 N–H and O–H groups in total. The minimum absolute atomic E-state index is 0.0878. The fraction of sp³-hybridized carbons (Fsp3) is 0.333. The number of anilines is 2. The van der Waals surface area contributed by atoms with E-state index in [-0.39, 0.29) is 11.9 Å². The van der Waals surface area contributed by atoms with Crippen molar-refractivity contribution in [3.05, 3.63) is 48.4 Å². The van der Waals surface area contributed by atoms with Crippen LogP contribution < -0.4 is 10.6 Å². The van der Waals surface area contributed by atoms with Gasteiger partial charge in [-0.3, -0.25) is 4.79 Å². The maximum atomic E-state index is 12.4. The van der Waals surface area contributed by atoms with Crippen molar-refractivity contribution in [3.8, 4) is 0 Å². The molecule has 2 aromatic rings. The largest absolute Gasteiger partial charge is 0.472 e. The summed E-state index contributed by atoms with van der Waals surface area (Å²) in [6.45, 7) is 1.59. The van der Waals surface area contributed by atoms with Gasteiger partial charge in [-0.05, 0) is 37.1 Å². The number of hydrogen-bond donors (Lipinski definition) is 2. The van der Waals surface area contributed by atoms with Crippen LogP contribution in [0.1, 0.15) is 36.0 Å². The van der Waals surface area contributed by atoms with Gasteiger partial charge in [0.05, 0.1) is 11.8 Å². The number of carbonyl (C=O) groups is 2. The molecule has 0 aliphatic carbocycles. The zero-order chi connectivity index (χ0) is 16.8. The van der Waals surface area contributed by atoms with E-state index < -0.39 is 0 Å². The van der Waals surface area contributed by atoms with Crippen molar-refractivity contribution in [2.75, 3.05) is 23.7 Å². The summed E-state index contributed by atoms with van der Waals surface area (Å²) in [5.74, 6) is -0.250. The molecule has 3 rings (SSSR count). The Balaban J connectivity index is 1.62. The second kappa shape index (κ2) is 7.68. The highest BCUT2D eigenvalue weighted by Gasteiger charge is 2.15. The third kappa shape index (κ3) is 4.16. The molecule has 3 amide bonds. The van der Waals surface area contributed by atoms with Gasteiger partial charge < -0.3 is 20.0 Å². The standard InChI is InChI=1S/C18H21N3O3/c22-17(14-8-11-24-13-14)19-15-6-5-7-16(12-15)20-18(23)21-9-3-1-2-4-10-21/h5-8,11-13H,1-4,9-10H2,(H,19,22)(H,20,23). The molecular weight excluding hydrogens is 306 g/mol. The molecule has 0 spiro atoms. The molecule has 0 radical (unpaired) electrons. The number of nitrogens with zero attached hydrogens (tertiary/aromatic N) is 1. The first-order valence-electron chi connectivity index (χ1n) is 8.22. The van der Waals surface area contributed by atoms with E-state index in [1.54, 1.807) is 24.3 Å². The van der Waals surface area contributed by atoms with Gasteiger partial charge in [0.2, 0.25) is 0 Å². The fourth-order valence-corrected chi connectivity index (χ4v) is 2.75. The Hall–Kier alpha value is -2.76. The third-order valence-corrected chi connectivity index (χ3v) is 4.05. The average Bonchev–Trinajstić information content (AvgIpc) is 2.98. The number of amides is 3. The van der Waals surface area contributed by atoms with Gasteiger partial charge >= 0.3 is 6.03 Å². The zero-order valence-corrected chi connectivity index (χ0v) is 13.5. The van der Waals surface area contributed by atoms with Gasteiger partial charge in [-0.1, -0.05) is 18.9 Å². The maximum absolute atomic E-state index is 12.4. The average molecular weight is 327 g/mol. The van der Waals surface area contributed by atoms with Gasteiger partial charge in [0.15, 0.2) is 0 Å². The van der Waals surface area contributed by atoms with Gasteiger partial charge in [0, 0.05) is 24.5 Å². The van der Waals surface area contributed by atoms with Crippen LogP contribution in [-0.2, 0) is 0 Å². The summed E-state index contributed by atoms with van der Waals surface area (Å²) in [4.78, 5) is 26.2. The fourth-order valence-electron chi connectivity index (χ4n) is 2.75. The molecule has 1 aromatic carbocycles. The lowest BCUT2D eigenvalue weighted by Gasteiger charge is -2.21. The van der Waals surface area contributed by atoms with Crippen molar-refractivity contribution in [2.24, 2.45) is 0 Å². The Morgan fingerprint density at radius 2 is 1.67 bits per heavy atom. The minimum atomic E-state index is -0.250. The lowest BCUT2D eigenvalue weighted by atomic mass is 10.2. The molecule has 6 heteroatoms. The van der Waals surface area contributed by atoms with Crippen LogP contribution in [0.2, 0.25) is 0 Å². The molecule has 1 aliphatic heterocycles. The normalized spacial score (nSPS) is 14.8. The molecule has 6 nitrogen and oxygen atoms in total. The van der Waals surface area contributed by atoms with E-state index >= 15 is 0 Å². The van der Waals surface area contributed by atoms with Gasteiger partial charge in [0.1, 0.15) is 6.26 Å². The second-order valence-corrected chi connectivity index (χ2v) is 5.88. The molecule has 1 aliphatic rings. The molecule has 24 heavy (non-hydrogen) atoms. The summed E-state index contributed by atoms with van der Waals surface area (Å²) in [5.41, 5.74) is 1.73. The number of benzene rings is 1. The number of nitrogens with one attached hydrogen (secondary N) is 2. The minimum Gasteiger partial charge on any atom is -0.472 e. The molecule has 1 fully saturated rings. The quantitative estimate of drug-likeness (QED) is 0.896. The molecule has 0 bridgehead atoms. The van der Waals surface area contributed by atoms with Gasteiger partial charge in [-0.25, -0.2) is 4.79 Å².